The number of hydrogen-bond donors (Lipinski definition) is 1. The molecule has 0 aliphatic carbocycles. The van der Waals surface area contributed by atoms with Gasteiger partial charge in [0.25, 0.3) is 0 Å². The Morgan fingerprint density at radius 1 is 1.14 bits per heavy atom. The summed E-state index contributed by atoms with van der Waals surface area (Å²) >= 11 is 0. The number of hydrogen-bond acceptors (Lipinski definition) is 4. The lowest BCUT2D eigenvalue weighted by Crippen LogP contribution is -2.43. The molecule has 4 aliphatic rings. The van der Waals surface area contributed by atoms with Gasteiger partial charge in [0.05, 0.1) is 12.2 Å². The van der Waals surface area contributed by atoms with Crippen LogP contribution in [0.3, 0.4) is 0 Å². The van der Waals surface area contributed by atoms with E-state index < -0.39 is 0 Å². The molecule has 4 nitrogen and oxygen atoms in total. The van der Waals surface area contributed by atoms with Gasteiger partial charge in [-0.05, 0) is 44.4 Å². The number of nitrogens with one attached hydrogen (secondary N) is 1. The van der Waals surface area contributed by atoms with Crippen molar-refractivity contribution in [1.82, 2.24) is 5.32 Å². The van der Waals surface area contributed by atoms with Gasteiger partial charge in [-0.25, -0.2) is 0 Å². The van der Waals surface area contributed by atoms with Gasteiger partial charge in [0.15, 0.2) is 0 Å². The fraction of sp³-hybridized carbons (Fsp3) is 0.941. The molecule has 21 heavy (non-hydrogen) atoms. The quantitative estimate of drug-likeness (QED) is 0.865. The fourth-order valence-corrected chi connectivity index (χ4v) is 4.96. The van der Waals surface area contributed by atoms with Crippen molar-refractivity contribution < 1.29 is 14.3 Å². The Hall–Kier alpha value is -0.450. The zero-order valence-corrected chi connectivity index (χ0v) is 12.8. The topological polar surface area (TPSA) is 47.6 Å². The fourth-order valence-electron chi connectivity index (χ4n) is 4.96. The van der Waals surface area contributed by atoms with Crippen LogP contribution in [0.25, 0.3) is 0 Å². The summed E-state index contributed by atoms with van der Waals surface area (Å²) in [7, 11) is 0. The molecule has 4 heterocycles. The van der Waals surface area contributed by atoms with Gasteiger partial charge < -0.3 is 14.8 Å². The highest BCUT2D eigenvalue weighted by Crippen LogP contribution is 2.38. The molecule has 0 radical (unpaired) electrons. The molecule has 4 rings (SSSR count). The lowest BCUT2D eigenvalue weighted by Gasteiger charge is -2.37. The van der Waals surface area contributed by atoms with E-state index in [0.29, 0.717) is 30.4 Å². The summed E-state index contributed by atoms with van der Waals surface area (Å²) in [5.41, 5.74) is -0.133. The summed E-state index contributed by atoms with van der Waals surface area (Å²) in [4.78, 5) is 12.7. The molecule has 0 aromatic heterocycles. The second-order valence-electron chi connectivity index (χ2n) is 7.67. The molecule has 1 spiro atoms. The lowest BCUT2D eigenvalue weighted by atomic mass is 9.79. The Labute approximate surface area is 126 Å². The average molecular weight is 293 g/mol. The monoisotopic (exact) mass is 293 g/mol. The number of piperidine rings is 1. The summed E-state index contributed by atoms with van der Waals surface area (Å²) in [6.45, 7) is 2.21. The Morgan fingerprint density at radius 2 is 1.95 bits per heavy atom. The van der Waals surface area contributed by atoms with Crippen LogP contribution >= 0.6 is 0 Å². The molecule has 4 fully saturated rings. The molecular formula is C17H27NO3. The van der Waals surface area contributed by atoms with Crippen LogP contribution in [0, 0.1) is 11.8 Å². The van der Waals surface area contributed by atoms with Gasteiger partial charge in [-0.2, -0.15) is 0 Å². The minimum atomic E-state index is -0.133. The first-order valence-electron chi connectivity index (χ1n) is 8.73. The third kappa shape index (κ3) is 2.90. The van der Waals surface area contributed by atoms with Crippen molar-refractivity contribution in [2.75, 3.05) is 19.8 Å². The Kier molecular flexibility index (Phi) is 3.80. The van der Waals surface area contributed by atoms with Gasteiger partial charge in [-0.1, -0.05) is 0 Å². The molecule has 0 aromatic carbocycles. The molecule has 0 amide bonds. The zero-order valence-electron chi connectivity index (χ0n) is 12.8. The second-order valence-corrected chi connectivity index (χ2v) is 7.67. The molecule has 0 saturated carbocycles. The molecule has 4 saturated heterocycles. The number of rotatable bonds is 3. The zero-order chi connectivity index (χ0) is 14.3. The minimum absolute atomic E-state index is 0.133. The van der Waals surface area contributed by atoms with Crippen LogP contribution in [-0.4, -0.2) is 43.3 Å². The SMILES string of the molecule is O=C(CC1CC2CCC(C1)N2)C1CCOC2(CCOC2)C1. The molecule has 0 aromatic rings. The van der Waals surface area contributed by atoms with Crippen LogP contribution in [0.5, 0.6) is 0 Å². The van der Waals surface area contributed by atoms with Gasteiger partial charge >= 0.3 is 0 Å². The summed E-state index contributed by atoms with van der Waals surface area (Å²) in [6.07, 6.45) is 8.62. The van der Waals surface area contributed by atoms with Gasteiger partial charge in [0.1, 0.15) is 5.78 Å². The first-order valence-corrected chi connectivity index (χ1v) is 8.73. The number of ether oxygens (including phenoxy) is 2. The lowest BCUT2D eigenvalue weighted by molar-refractivity contribution is -0.138. The highest BCUT2D eigenvalue weighted by atomic mass is 16.6. The summed E-state index contributed by atoms with van der Waals surface area (Å²) in [6, 6.07) is 1.37. The van der Waals surface area contributed by atoms with Crippen LogP contribution in [0.4, 0.5) is 0 Å². The van der Waals surface area contributed by atoms with E-state index in [9.17, 15) is 4.79 Å². The van der Waals surface area contributed by atoms with Crippen molar-refractivity contribution >= 4 is 5.78 Å². The second kappa shape index (κ2) is 5.64. The van der Waals surface area contributed by atoms with E-state index in [2.05, 4.69) is 5.32 Å². The van der Waals surface area contributed by atoms with E-state index in [1.807, 2.05) is 0 Å². The highest BCUT2D eigenvalue weighted by molar-refractivity contribution is 5.81. The van der Waals surface area contributed by atoms with Gasteiger partial charge in [0, 0.05) is 44.1 Å². The normalized spacial score (nSPS) is 46.1. The van der Waals surface area contributed by atoms with E-state index in [-0.39, 0.29) is 11.5 Å². The smallest absolute Gasteiger partial charge is 0.136 e. The van der Waals surface area contributed by atoms with Crippen molar-refractivity contribution in [3.05, 3.63) is 0 Å². The van der Waals surface area contributed by atoms with Crippen molar-refractivity contribution in [1.29, 1.82) is 0 Å². The maximum Gasteiger partial charge on any atom is 0.136 e. The van der Waals surface area contributed by atoms with E-state index >= 15 is 0 Å². The summed E-state index contributed by atoms with van der Waals surface area (Å²) < 4.78 is 11.5. The highest BCUT2D eigenvalue weighted by Gasteiger charge is 2.43. The van der Waals surface area contributed by atoms with Crippen LogP contribution in [0.2, 0.25) is 0 Å². The van der Waals surface area contributed by atoms with Gasteiger partial charge in [0.2, 0.25) is 0 Å². The van der Waals surface area contributed by atoms with Crippen LogP contribution in [0.1, 0.15) is 51.4 Å². The third-order valence-electron chi connectivity index (χ3n) is 6.08. The molecule has 4 unspecified atom stereocenters. The first-order chi connectivity index (χ1) is 10.2. The summed E-state index contributed by atoms with van der Waals surface area (Å²) in [5.74, 6) is 1.33. The minimum Gasteiger partial charge on any atom is -0.378 e. The van der Waals surface area contributed by atoms with E-state index in [0.717, 1.165) is 38.9 Å². The van der Waals surface area contributed by atoms with Crippen LogP contribution in [-0.2, 0) is 14.3 Å². The molecule has 118 valence electrons. The third-order valence-corrected chi connectivity index (χ3v) is 6.08. The predicted molar refractivity (Wildman–Crippen MR) is 79.1 cm³/mol. The van der Waals surface area contributed by atoms with E-state index in [1.165, 1.54) is 25.7 Å². The van der Waals surface area contributed by atoms with E-state index in [1.54, 1.807) is 0 Å². The predicted octanol–water partition coefficient (Wildman–Crippen LogP) is 2.06. The Morgan fingerprint density at radius 3 is 2.67 bits per heavy atom. The van der Waals surface area contributed by atoms with Crippen molar-refractivity contribution in [3.63, 3.8) is 0 Å². The number of carbonyl (C=O) groups excluding carboxylic acids is 1. The maximum absolute atomic E-state index is 12.7. The van der Waals surface area contributed by atoms with Crippen LogP contribution in [0.15, 0.2) is 0 Å². The standard InChI is InChI=1S/C17H27NO3/c19-16(9-12-7-14-1-2-15(8-12)18-14)13-3-5-21-17(10-13)4-6-20-11-17/h12-15,18H,1-11H2. The molecular weight excluding hydrogens is 266 g/mol. The van der Waals surface area contributed by atoms with E-state index in [4.69, 9.17) is 9.47 Å². The first kappa shape index (κ1) is 14.2. The molecule has 2 bridgehead atoms. The average Bonchev–Trinajstić information content (AvgIpc) is 3.06. The van der Waals surface area contributed by atoms with Gasteiger partial charge in [-0.3, -0.25) is 4.79 Å². The number of ketones is 1. The number of Topliss-reactive ketones (excluding diaryl/α,β-unsaturated/α-hetero) is 1. The van der Waals surface area contributed by atoms with Gasteiger partial charge in [-0.15, -0.1) is 0 Å². The number of carbonyl (C=O) groups is 1. The molecule has 4 atom stereocenters. The Bertz CT molecular complexity index is 393. The summed E-state index contributed by atoms with van der Waals surface area (Å²) in [5, 5.41) is 3.66. The molecule has 4 aliphatic heterocycles. The molecule has 1 N–H and O–H groups in total. The maximum atomic E-state index is 12.7. The molecule has 4 heteroatoms. The van der Waals surface area contributed by atoms with Crippen molar-refractivity contribution in [2.24, 2.45) is 11.8 Å². The van der Waals surface area contributed by atoms with Crippen LogP contribution < -0.4 is 5.32 Å². The largest absolute Gasteiger partial charge is 0.378 e. The van der Waals surface area contributed by atoms with Crippen molar-refractivity contribution in [3.8, 4) is 0 Å². The van der Waals surface area contributed by atoms with Crippen molar-refractivity contribution in [2.45, 2.75) is 69.1 Å². The number of fused-ring (bicyclic) bond motifs is 2. The Balaban J connectivity index is 1.34.